The number of carbonyl (C=O) groups excluding carboxylic acids is 1. The van der Waals surface area contributed by atoms with Crippen LogP contribution in [-0.2, 0) is 11.4 Å². The smallest absolute Gasteiger partial charge is 0.220 e. The van der Waals surface area contributed by atoms with Crippen molar-refractivity contribution in [3.63, 3.8) is 0 Å². The number of benzene rings is 2. The molecule has 1 aliphatic heterocycles. The normalized spacial score (nSPS) is 17.6. The summed E-state index contributed by atoms with van der Waals surface area (Å²) in [6.45, 7) is 0.574. The van der Waals surface area contributed by atoms with Crippen molar-refractivity contribution in [2.45, 2.75) is 25.5 Å². The molecule has 1 atom stereocenters. The number of ether oxygens (including phenoxy) is 1. The van der Waals surface area contributed by atoms with Crippen molar-refractivity contribution >= 4 is 12.0 Å². The minimum Gasteiger partial charge on any atom is -0.489 e. The van der Waals surface area contributed by atoms with Gasteiger partial charge in [0.05, 0.1) is 0 Å². The predicted octanol–water partition coefficient (Wildman–Crippen LogP) is 3.56. The Balaban J connectivity index is 1.54. The van der Waals surface area contributed by atoms with Gasteiger partial charge in [-0.15, -0.1) is 0 Å². The summed E-state index contributed by atoms with van der Waals surface area (Å²) in [5.41, 5.74) is 2.26. The molecule has 0 spiro atoms. The van der Waals surface area contributed by atoms with Gasteiger partial charge in [0.25, 0.3) is 0 Å². The Labute approximate surface area is 130 Å². The maximum absolute atomic E-state index is 11.1. The number of amides is 1. The van der Waals surface area contributed by atoms with Crippen molar-refractivity contribution in [2.24, 2.45) is 0 Å². The zero-order valence-corrected chi connectivity index (χ0v) is 12.4. The molecule has 3 heteroatoms. The van der Waals surface area contributed by atoms with Gasteiger partial charge in [0.1, 0.15) is 12.4 Å². The van der Waals surface area contributed by atoms with Crippen molar-refractivity contribution in [3.8, 4) is 5.75 Å². The van der Waals surface area contributed by atoms with Gasteiger partial charge in [-0.3, -0.25) is 4.79 Å². The highest BCUT2D eigenvalue weighted by molar-refractivity contribution is 5.79. The summed E-state index contributed by atoms with van der Waals surface area (Å²) in [5.74, 6) is 0.995. The summed E-state index contributed by atoms with van der Waals surface area (Å²) in [7, 11) is 0. The SMILES string of the molecule is O=C1CC[C@H](/C=C/c2ccc(OCc3ccccc3)cc2)N1. The maximum atomic E-state index is 11.1. The van der Waals surface area contributed by atoms with Gasteiger partial charge in [-0.05, 0) is 29.7 Å². The highest BCUT2D eigenvalue weighted by atomic mass is 16.5. The molecule has 3 rings (SSSR count). The third kappa shape index (κ3) is 3.98. The Kier molecular flexibility index (Phi) is 4.54. The highest BCUT2D eigenvalue weighted by Crippen LogP contribution is 2.16. The van der Waals surface area contributed by atoms with Crippen LogP contribution in [0.25, 0.3) is 6.08 Å². The van der Waals surface area contributed by atoms with Gasteiger partial charge in [0.2, 0.25) is 5.91 Å². The van der Waals surface area contributed by atoms with E-state index < -0.39 is 0 Å². The van der Waals surface area contributed by atoms with Crippen LogP contribution in [0.3, 0.4) is 0 Å². The fraction of sp³-hybridized carbons (Fsp3) is 0.211. The average Bonchev–Trinajstić information content (AvgIpc) is 2.98. The number of nitrogens with one attached hydrogen (secondary N) is 1. The second-order valence-electron chi connectivity index (χ2n) is 5.42. The molecule has 1 saturated heterocycles. The van der Waals surface area contributed by atoms with E-state index in [1.54, 1.807) is 0 Å². The van der Waals surface area contributed by atoms with Gasteiger partial charge in [-0.2, -0.15) is 0 Å². The summed E-state index contributed by atoms with van der Waals surface area (Å²) in [4.78, 5) is 11.1. The average molecular weight is 293 g/mol. The zero-order valence-electron chi connectivity index (χ0n) is 12.4. The quantitative estimate of drug-likeness (QED) is 0.915. The largest absolute Gasteiger partial charge is 0.489 e. The van der Waals surface area contributed by atoms with E-state index in [4.69, 9.17) is 4.74 Å². The lowest BCUT2D eigenvalue weighted by Crippen LogP contribution is -2.22. The molecule has 0 radical (unpaired) electrons. The summed E-state index contributed by atoms with van der Waals surface area (Å²) < 4.78 is 5.76. The van der Waals surface area contributed by atoms with Gasteiger partial charge < -0.3 is 10.1 Å². The van der Waals surface area contributed by atoms with E-state index >= 15 is 0 Å². The molecule has 1 heterocycles. The molecule has 0 bridgehead atoms. The van der Waals surface area contributed by atoms with Crippen LogP contribution < -0.4 is 10.1 Å². The van der Waals surface area contributed by atoms with Crippen LogP contribution in [0.15, 0.2) is 60.7 Å². The molecule has 22 heavy (non-hydrogen) atoms. The summed E-state index contributed by atoms with van der Waals surface area (Å²) >= 11 is 0. The van der Waals surface area contributed by atoms with E-state index in [-0.39, 0.29) is 11.9 Å². The van der Waals surface area contributed by atoms with Crippen molar-refractivity contribution < 1.29 is 9.53 Å². The van der Waals surface area contributed by atoms with E-state index in [1.165, 1.54) is 0 Å². The van der Waals surface area contributed by atoms with E-state index in [0.717, 1.165) is 23.3 Å². The summed E-state index contributed by atoms with van der Waals surface area (Å²) in [6, 6.07) is 18.3. The maximum Gasteiger partial charge on any atom is 0.220 e. The first-order valence-corrected chi connectivity index (χ1v) is 7.54. The van der Waals surface area contributed by atoms with E-state index in [2.05, 4.69) is 5.32 Å². The number of rotatable bonds is 5. The first kappa shape index (κ1) is 14.4. The topological polar surface area (TPSA) is 38.3 Å². The van der Waals surface area contributed by atoms with Crippen molar-refractivity contribution in [3.05, 3.63) is 71.8 Å². The Morgan fingerprint density at radius 1 is 1.09 bits per heavy atom. The second-order valence-corrected chi connectivity index (χ2v) is 5.42. The lowest BCUT2D eigenvalue weighted by molar-refractivity contribution is -0.119. The van der Waals surface area contributed by atoms with Gasteiger partial charge in [-0.25, -0.2) is 0 Å². The summed E-state index contributed by atoms with van der Waals surface area (Å²) in [6.07, 6.45) is 5.59. The predicted molar refractivity (Wildman–Crippen MR) is 87.4 cm³/mol. The molecule has 0 aliphatic carbocycles. The monoisotopic (exact) mass is 293 g/mol. The van der Waals surface area contributed by atoms with Crippen molar-refractivity contribution in [2.75, 3.05) is 0 Å². The van der Waals surface area contributed by atoms with E-state index in [1.807, 2.05) is 66.7 Å². The lowest BCUT2D eigenvalue weighted by Gasteiger charge is -2.07. The van der Waals surface area contributed by atoms with Crippen LogP contribution in [0, 0.1) is 0 Å². The molecular formula is C19H19NO2. The van der Waals surface area contributed by atoms with Crippen molar-refractivity contribution in [1.29, 1.82) is 0 Å². The van der Waals surface area contributed by atoms with Gasteiger partial charge in [0, 0.05) is 12.5 Å². The molecule has 0 unspecified atom stereocenters. The molecule has 0 saturated carbocycles. The van der Waals surface area contributed by atoms with Gasteiger partial charge in [-0.1, -0.05) is 54.6 Å². The number of hydrogen-bond donors (Lipinski definition) is 1. The first-order valence-electron chi connectivity index (χ1n) is 7.54. The Bertz CT molecular complexity index is 647. The van der Waals surface area contributed by atoms with Crippen molar-refractivity contribution in [1.82, 2.24) is 5.32 Å². The fourth-order valence-corrected chi connectivity index (χ4v) is 2.43. The van der Waals surface area contributed by atoms with Crippen LogP contribution in [0.5, 0.6) is 5.75 Å². The standard InChI is InChI=1S/C19H19NO2/c21-19-13-10-17(20-19)9-6-15-7-11-18(12-8-15)22-14-16-4-2-1-3-5-16/h1-9,11-12,17H,10,13-14H2,(H,20,21)/b9-6+/t17-/m0/s1. The molecule has 112 valence electrons. The van der Waals surface area contributed by atoms with Crippen LogP contribution >= 0.6 is 0 Å². The third-order valence-electron chi connectivity index (χ3n) is 3.68. The van der Waals surface area contributed by atoms with Crippen LogP contribution in [0.4, 0.5) is 0 Å². The lowest BCUT2D eigenvalue weighted by atomic mass is 10.1. The van der Waals surface area contributed by atoms with Crippen LogP contribution in [0.2, 0.25) is 0 Å². The summed E-state index contributed by atoms with van der Waals surface area (Å²) in [5, 5.41) is 2.92. The molecule has 1 aliphatic rings. The Hall–Kier alpha value is -2.55. The minimum atomic E-state index is 0.138. The van der Waals surface area contributed by atoms with Gasteiger partial charge in [0.15, 0.2) is 0 Å². The minimum absolute atomic E-state index is 0.138. The Morgan fingerprint density at radius 2 is 1.86 bits per heavy atom. The van der Waals surface area contributed by atoms with Gasteiger partial charge >= 0.3 is 0 Å². The molecule has 0 aromatic heterocycles. The van der Waals surface area contributed by atoms with Crippen LogP contribution in [-0.4, -0.2) is 11.9 Å². The zero-order chi connectivity index (χ0) is 15.2. The van der Waals surface area contributed by atoms with E-state index in [0.29, 0.717) is 13.0 Å². The molecule has 1 amide bonds. The second kappa shape index (κ2) is 6.94. The molecule has 3 nitrogen and oxygen atoms in total. The molecular weight excluding hydrogens is 274 g/mol. The first-order chi connectivity index (χ1) is 10.8. The molecule has 2 aromatic carbocycles. The van der Waals surface area contributed by atoms with E-state index in [9.17, 15) is 4.79 Å². The molecule has 1 fully saturated rings. The van der Waals surface area contributed by atoms with Crippen LogP contribution in [0.1, 0.15) is 24.0 Å². The highest BCUT2D eigenvalue weighted by Gasteiger charge is 2.17. The number of hydrogen-bond acceptors (Lipinski definition) is 2. The Morgan fingerprint density at radius 3 is 2.55 bits per heavy atom. The molecule has 1 N–H and O–H groups in total. The fourth-order valence-electron chi connectivity index (χ4n) is 2.43. The number of carbonyl (C=O) groups is 1. The third-order valence-corrected chi connectivity index (χ3v) is 3.68. The molecule has 2 aromatic rings.